The zero-order valence-corrected chi connectivity index (χ0v) is 13.2. The van der Waals surface area contributed by atoms with Gasteiger partial charge in [0, 0.05) is 5.56 Å². The van der Waals surface area contributed by atoms with Gasteiger partial charge in [0.2, 0.25) is 0 Å². The van der Waals surface area contributed by atoms with Crippen LogP contribution in [0.5, 0.6) is 0 Å². The first-order valence-corrected chi connectivity index (χ1v) is 7.58. The zero-order chi connectivity index (χ0) is 16.9. The molecule has 0 bridgehead atoms. The third-order valence-electron chi connectivity index (χ3n) is 3.71. The van der Waals surface area contributed by atoms with Gasteiger partial charge in [0.1, 0.15) is 5.82 Å². The molecular formula is C19H16N4O. The molecule has 3 aromatic rings. The highest BCUT2D eigenvalue weighted by Crippen LogP contribution is 2.19. The number of H-pyrrole nitrogens is 1. The van der Waals surface area contributed by atoms with Crippen LogP contribution in [0.25, 0.3) is 11.3 Å². The molecule has 0 fully saturated rings. The van der Waals surface area contributed by atoms with Crippen molar-refractivity contribution in [1.82, 2.24) is 15.3 Å². The number of nitriles is 1. The second-order valence-corrected chi connectivity index (χ2v) is 5.43. The Hall–Kier alpha value is -3.39. The first kappa shape index (κ1) is 15.5. The van der Waals surface area contributed by atoms with Crippen molar-refractivity contribution in [1.29, 1.82) is 5.26 Å². The van der Waals surface area contributed by atoms with Crippen LogP contribution in [0.15, 0.2) is 60.8 Å². The maximum Gasteiger partial charge on any atom is 0.251 e. The van der Waals surface area contributed by atoms with E-state index < -0.39 is 0 Å². The number of amides is 1. The van der Waals surface area contributed by atoms with Gasteiger partial charge in [0.25, 0.3) is 5.91 Å². The Kier molecular flexibility index (Phi) is 4.39. The molecule has 0 saturated heterocycles. The fraction of sp³-hybridized carbons (Fsp3) is 0.105. The summed E-state index contributed by atoms with van der Waals surface area (Å²) >= 11 is 0. The molecule has 2 aromatic carbocycles. The molecule has 2 N–H and O–H groups in total. The number of aromatic amines is 1. The predicted molar refractivity (Wildman–Crippen MR) is 91.1 cm³/mol. The Bertz CT molecular complexity index is 876. The van der Waals surface area contributed by atoms with E-state index >= 15 is 0 Å². The Balaban J connectivity index is 1.70. The summed E-state index contributed by atoms with van der Waals surface area (Å²) in [4.78, 5) is 19.9. The highest BCUT2D eigenvalue weighted by atomic mass is 16.1. The maximum absolute atomic E-state index is 12.3. The molecule has 1 aromatic heterocycles. The summed E-state index contributed by atoms with van der Waals surface area (Å²) in [7, 11) is 0. The van der Waals surface area contributed by atoms with E-state index in [9.17, 15) is 4.79 Å². The number of carbonyl (C=O) groups is 1. The van der Waals surface area contributed by atoms with E-state index in [1.54, 1.807) is 30.5 Å². The van der Waals surface area contributed by atoms with Crippen LogP contribution in [-0.2, 0) is 0 Å². The lowest BCUT2D eigenvalue weighted by atomic mass is 10.1. The second kappa shape index (κ2) is 6.80. The monoisotopic (exact) mass is 316 g/mol. The first-order chi connectivity index (χ1) is 11.7. The lowest BCUT2D eigenvalue weighted by Crippen LogP contribution is -2.27. The van der Waals surface area contributed by atoms with E-state index in [0.717, 1.165) is 11.3 Å². The summed E-state index contributed by atoms with van der Waals surface area (Å²) < 4.78 is 0. The van der Waals surface area contributed by atoms with E-state index in [4.69, 9.17) is 5.26 Å². The summed E-state index contributed by atoms with van der Waals surface area (Å²) in [5.74, 6) is 0.487. The predicted octanol–water partition coefficient (Wildman–Crippen LogP) is 3.44. The Morgan fingerprint density at radius 1 is 1.17 bits per heavy atom. The summed E-state index contributed by atoms with van der Waals surface area (Å²) in [6.07, 6.45) is 1.76. The van der Waals surface area contributed by atoms with Crippen LogP contribution in [0.3, 0.4) is 0 Å². The van der Waals surface area contributed by atoms with Crippen molar-refractivity contribution in [3.63, 3.8) is 0 Å². The molecule has 0 aliphatic carbocycles. The average Bonchev–Trinajstić information content (AvgIpc) is 3.13. The molecule has 1 amide bonds. The number of carbonyl (C=O) groups excluding carboxylic acids is 1. The van der Waals surface area contributed by atoms with Crippen molar-refractivity contribution >= 4 is 5.91 Å². The van der Waals surface area contributed by atoms with Gasteiger partial charge in [-0.3, -0.25) is 4.79 Å². The van der Waals surface area contributed by atoms with E-state index in [1.165, 1.54) is 0 Å². The van der Waals surface area contributed by atoms with Gasteiger partial charge in [-0.1, -0.05) is 30.3 Å². The largest absolute Gasteiger partial charge is 0.342 e. The number of hydrogen-bond acceptors (Lipinski definition) is 3. The number of rotatable bonds is 4. The average molecular weight is 316 g/mol. The zero-order valence-electron chi connectivity index (χ0n) is 13.2. The number of nitrogens with one attached hydrogen (secondary N) is 2. The Morgan fingerprint density at radius 3 is 2.54 bits per heavy atom. The highest BCUT2D eigenvalue weighted by Gasteiger charge is 2.14. The fourth-order valence-corrected chi connectivity index (χ4v) is 2.37. The summed E-state index contributed by atoms with van der Waals surface area (Å²) in [6.45, 7) is 1.87. The number of aromatic nitrogens is 2. The molecule has 0 aliphatic heterocycles. The quantitative estimate of drug-likeness (QED) is 0.773. The van der Waals surface area contributed by atoms with Crippen molar-refractivity contribution in [2.75, 3.05) is 0 Å². The smallest absolute Gasteiger partial charge is 0.251 e. The normalized spacial score (nSPS) is 11.5. The number of hydrogen-bond donors (Lipinski definition) is 2. The van der Waals surface area contributed by atoms with Crippen LogP contribution < -0.4 is 5.32 Å². The van der Waals surface area contributed by atoms with Crippen molar-refractivity contribution in [3.8, 4) is 17.3 Å². The molecule has 0 saturated carbocycles. The first-order valence-electron chi connectivity index (χ1n) is 7.58. The summed E-state index contributed by atoms with van der Waals surface area (Å²) in [5.41, 5.74) is 2.99. The second-order valence-electron chi connectivity index (χ2n) is 5.43. The van der Waals surface area contributed by atoms with Crippen LogP contribution in [0, 0.1) is 11.3 Å². The van der Waals surface area contributed by atoms with E-state index in [-0.39, 0.29) is 11.9 Å². The summed E-state index contributed by atoms with van der Waals surface area (Å²) in [6, 6.07) is 18.2. The van der Waals surface area contributed by atoms with Crippen molar-refractivity contribution in [2.24, 2.45) is 0 Å². The third-order valence-corrected chi connectivity index (χ3v) is 3.71. The van der Waals surface area contributed by atoms with Gasteiger partial charge in [0.15, 0.2) is 0 Å². The molecule has 0 radical (unpaired) electrons. The van der Waals surface area contributed by atoms with Crippen molar-refractivity contribution in [3.05, 3.63) is 77.7 Å². The van der Waals surface area contributed by atoms with Crippen LogP contribution >= 0.6 is 0 Å². The van der Waals surface area contributed by atoms with Gasteiger partial charge in [-0.25, -0.2) is 4.98 Å². The fourth-order valence-electron chi connectivity index (χ4n) is 2.37. The SMILES string of the molecule is CC(NC(=O)c1ccc(C#N)cc1)c1ncc(-c2ccccc2)[nH]1. The highest BCUT2D eigenvalue weighted by molar-refractivity contribution is 5.94. The van der Waals surface area contributed by atoms with Crippen molar-refractivity contribution in [2.45, 2.75) is 13.0 Å². The molecule has 3 rings (SSSR count). The van der Waals surface area contributed by atoms with Crippen molar-refractivity contribution < 1.29 is 4.79 Å². The molecule has 118 valence electrons. The summed E-state index contributed by atoms with van der Waals surface area (Å²) in [5, 5.41) is 11.7. The van der Waals surface area contributed by atoms with Crippen LogP contribution in [0.1, 0.15) is 34.7 Å². The topological polar surface area (TPSA) is 81.6 Å². The molecule has 1 atom stereocenters. The van der Waals surface area contributed by atoms with Gasteiger partial charge in [-0.05, 0) is 36.8 Å². The van der Waals surface area contributed by atoms with Crippen LogP contribution in [-0.4, -0.2) is 15.9 Å². The van der Waals surface area contributed by atoms with E-state index in [0.29, 0.717) is 17.0 Å². The molecule has 1 unspecified atom stereocenters. The minimum absolute atomic E-state index is 0.204. The van der Waals surface area contributed by atoms with E-state index in [2.05, 4.69) is 15.3 Å². The van der Waals surface area contributed by atoms with E-state index in [1.807, 2.05) is 43.3 Å². The molecule has 0 aliphatic rings. The Morgan fingerprint density at radius 2 is 1.88 bits per heavy atom. The molecule has 1 heterocycles. The van der Waals surface area contributed by atoms with Gasteiger partial charge in [-0.15, -0.1) is 0 Å². The molecule has 0 spiro atoms. The molecule has 5 heteroatoms. The number of imidazole rings is 1. The number of benzene rings is 2. The lowest BCUT2D eigenvalue weighted by molar-refractivity contribution is 0.0938. The van der Waals surface area contributed by atoms with Gasteiger partial charge < -0.3 is 10.3 Å². The minimum Gasteiger partial charge on any atom is -0.342 e. The third kappa shape index (κ3) is 3.33. The minimum atomic E-state index is -0.259. The Labute approximate surface area is 140 Å². The van der Waals surface area contributed by atoms with Crippen LogP contribution in [0.4, 0.5) is 0 Å². The molecule has 24 heavy (non-hydrogen) atoms. The molecular weight excluding hydrogens is 300 g/mol. The molecule has 5 nitrogen and oxygen atoms in total. The van der Waals surface area contributed by atoms with Crippen LogP contribution in [0.2, 0.25) is 0 Å². The number of nitrogens with zero attached hydrogens (tertiary/aromatic N) is 2. The van der Waals surface area contributed by atoms with Gasteiger partial charge in [-0.2, -0.15) is 5.26 Å². The van der Waals surface area contributed by atoms with Gasteiger partial charge in [0.05, 0.1) is 29.6 Å². The lowest BCUT2D eigenvalue weighted by Gasteiger charge is -2.11. The maximum atomic E-state index is 12.3. The van der Waals surface area contributed by atoms with Gasteiger partial charge >= 0.3 is 0 Å². The standard InChI is InChI=1S/C19H16N4O/c1-13(22-19(24)16-9-7-14(11-20)8-10-16)18-21-12-17(23-18)15-5-3-2-4-6-15/h2-10,12-13H,1H3,(H,21,23)(H,22,24).